The molecule has 6 rings (SSSR count). The summed E-state index contributed by atoms with van der Waals surface area (Å²) in [5, 5.41) is 6.80. The number of carbonyl (C=O) groups is 2. The van der Waals surface area contributed by atoms with Crippen LogP contribution in [0.25, 0.3) is 22.2 Å². The molecule has 0 radical (unpaired) electrons. The van der Waals surface area contributed by atoms with E-state index in [9.17, 15) is 22.4 Å². The molecule has 3 aromatic rings. The molecular weight excluding hydrogens is 521 g/mol. The van der Waals surface area contributed by atoms with E-state index >= 15 is 0 Å². The van der Waals surface area contributed by atoms with Gasteiger partial charge in [-0.05, 0) is 66.5 Å². The number of fused-ring (bicyclic) bond motifs is 2. The third-order valence-electron chi connectivity index (χ3n) is 9.06. The van der Waals surface area contributed by atoms with Crippen molar-refractivity contribution in [3.8, 4) is 11.3 Å². The second-order valence-corrected chi connectivity index (χ2v) is 12.9. The summed E-state index contributed by atoms with van der Waals surface area (Å²) in [6.45, 7) is 5.25. The van der Waals surface area contributed by atoms with Gasteiger partial charge in [0.25, 0.3) is 16.0 Å². The van der Waals surface area contributed by atoms with Crippen molar-refractivity contribution in [2.45, 2.75) is 46.1 Å². The summed E-state index contributed by atoms with van der Waals surface area (Å²) >= 11 is 0. The number of rotatable bonds is 5. The molecule has 3 aliphatic rings. The molecule has 1 amide bonds. The summed E-state index contributed by atoms with van der Waals surface area (Å²) in [7, 11) is -2.16. The van der Waals surface area contributed by atoms with E-state index in [4.69, 9.17) is 4.55 Å². The molecule has 0 spiro atoms. The highest BCUT2D eigenvalue weighted by Gasteiger charge is 2.65. The summed E-state index contributed by atoms with van der Waals surface area (Å²) < 4.78 is 44.9. The maximum absolute atomic E-state index is 13.9. The molecule has 0 saturated heterocycles. The first-order valence-corrected chi connectivity index (χ1v) is 14.8. The number of aromatic amines is 1. The Morgan fingerprint density at radius 2 is 1.87 bits per heavy atom. The number of ketones is 1. The Morgan fingerprint density at radius 3 is 2.46 bits per heavy atom. The highest BCUT2D eigenvalue weighted by molar-refractivity contribution is 7.85. The molecule has 2 aromatic carbocycles. The second-order valence-electron chi connectivity index (χ2n) is 11.5. The first-order valence-electron chi connectivity index (χ1n) is 13.2. The van der Waals surface area contributed by atoms with Crippen LogP contribution in [0.5, 0.6) is 0 Å². The van der Waals surface area contributed by atoms with Crippen LogP contribution in [0, 0.1) is 22.6 Å². The van der Waals surface area contributed by atoms with Crippen LogP contribution < -0.4 is 10.6 Å². The number of hydrogen-bond donors (Lipinski definition) is 4. The summed E-state index contributed by atoms with van der Waals surface area (Å²) in [6, 6.07) is 11.0. The van der Waals surface area contributed by atoms with Crippen LogP contribution in [0.3, 0.4) is 0 Å². The Balaban J connectivity index is 0.000000177. The smallest absolute Gasteiger partial charge is 0.265 e. The van der Waals surface area contributed by atoms with Gasteiger partial charge in [-0.3, -0.25) is 14.1 Å². The molecular formula is C29H34FN3O5S. The van der Waals surface area contributed by atoms with Crippen molar-refractivity contribution in [1.29, 1.82) is 0 Å². The number of carbonyl (C=O) groups excluding carboxylic acids is 2. The predicted octanol–water partition coefficient (Wildman–Crippen LogP) is 4.25. The molecule has 1 aliphatic heterocycles. The molecule has 2 saturated carbocycles. The van der Waals surface area contributed by atoms with Gasteiger partial charge in [0.15, 0.2) is 0 Å². The minimum atomic E-state index is -4.08. The van der Waals surface area contributed by atoms with E-state index in [2.05, 4.69) is 39.9 Å². The number of nitrogens with one attached hydrogen (secondary N) is 3. The number of Topliss-reactive ketones (excluding diaryl/α,β-unsaturated/α-hetero) is 1. The van der Waals surface area contributed by atoms with Crippen LogP contribution in [0.15, 0.2) is 36.4 Å². The average Bonchev–Trinajstić information content (AvgIpc) is 3.33. The van der Waals surface area contributed by atoms with Crippen LogP contribution in [0.4, 0.5) is 4.39 Å². The summed E-state index contributed by atoms with van der Waals surface area (Å²) in [4.78, 5) is 27.4. The van der Waals surface area contributed by atoms with Gasteiger partial charge in [0.05, 0.1) is 16.7 Å². The van der Waals surface area contributed by atoms with E-state index in [1.54, 1.807) is 0 Å². The Hall–Kier alpha value is -3.08. The fourth-order valence-electron chi connectivity index (χ4n) is 6.85. The molecule has 208 valence electrons. The van der Waals surface area contributed by atoms with Crippen LogP contribution in [0.2, 0.25) is 0 Å². The van der Waals surface area contributed by atoms with Gasteiger partial charge in [0.1, 0.15) is 11.6 Å². The molecule has 2 heterocycles. The van der Waals surface area contributed by atoms with Gasteiger partial charge in [0.2, 0.25) is 0 Å². The normalized spacial score (nSPS) is 23.4. The van der Waals surface area contributed by atoms with Crippen LogP contribution in [-0.2, 0) is 27.9 Å². The lowest BCUT2D eigenvalue weighted by Gasteiger charge is -2.35. The third-order valence-corrected chi connectivity index (χ3v) is 9.92. The van der Waals surface area contributed by atoms with Crippen molar-refractivity contribution in [2.75, 3.05) is 19.3 Å². The predicted molar refractivity (Wildman–Crippen MR) is 147 cm³/mol. The molecule has 2 fully saturated rings. The van der Waals surface area contributed by atoms with Gasteiger partial charge >= 0.3 is 0 Å². The van der Waals surface area contributed by atoms with E-state index < -0.39 is 27.1 Å². The first kappa shape index (κ1) is 27.5. The lowest BCUT2D eigenvalue weighted by atomic mass is 9.70. The second kappa shape index (κ2) is 9.83. The van der Waals surface area contributed by atoms with E-state index in [0.29, 0.717) is 30.5 Å². The average molecular weight is 556 g/mol. The van der Waals surface area contributed by atoms with Crippen molar-refractivity contribution >= 4 is 32.7 Å². The lowest BCUT2D eigenvalue weighted by molar-refractivity contribution is -0.128. The molecule has 4 N–H and O–H groups in total. The number of aromatic nitrogens is 1. The van der Waals surface area contributed by atoms with Crippen molar-refractivity contribution in [2.24, 2.45) is 16.7 Å². The molecule has 1 unspecified atom stereocenters. The van der Waals surface area contributed by atoms with Gasteiger partial charge in [-0.2, -0.15) is 8.42 Å². The van der Waals surface area contributed by atoms with E-state index in [1.165, 1.54) is 17.7 Å². The zero-order chi connectivity index (χ0) is 28.2. The quantitative estimate of drug-likeness (QED) is 0.349. The largest absolute Gasteiger partial charge is 0.354 e. The fraction of sp³-hybridized carbons (Fsp3) is 0.448. The molecule has 10 heteroatoms. The lowest BCUT2D eigenvalue weighted by Crippen LogP contribution is -2.42. The number of hydrogen-bond acceptors (Lipinski definition) is 5. The van der Waals surface area contributed by atoms with Gasteiger partial charge < -0.3 is 15.6 Å². The minimum Gasteiger partial charge on any atom is -0.354 e. The monoisotopic (exact) mass is 555 g/mol. The van der Waals surface area contributed by atoms with Gasteiger partial charge in [-0.25, -0.2) is 4.39 Å². The van der Waals surface area contributed by atoms with E-state index in [1.807, 2.05) is 20.9 Å². The van der Waals surface area contributed by atoms with E-state index in [-0.39, 0.29) is 23.0 Å². The Morgan fingerprint density at radius 1 is 1.15 bits per heavy atom. The molecule has 2 aliphatic carbocycles. The van der Waals surface area contributed by atoms with Crippen molar-refractivity contribution < 1.29 is 27.0 Å². The number of benzene rings is 2. The Bertz CT molecular complexity index is 1560. The molecule has 39 heavy (non-hydrogen) atoms. The highest BCUT2D eigenvalue weighted by Crippen LogP contribution is 2.64. The summed E-state index contributed by atoms with van der Waals surface area (Å²) in [6.07, 6.45) is 2.69. The summed E-state index contributed by atoms with van der Waals surface area (Å²) in [5.41, 5.74) is 4.24. The fourth-order valence-corrected chi connectivity index (χ4v) is 8.15. The SMILES string of the molecule is CC1(C)C2CC[C@@]1(CS(=O)(=O)O)C(=O)C2.CNCc1ccc(-c2[nH]c3cc(F)cc4c3c2CCNC4=O)cc1. The van der Waals surface area contributed by atoms with Crippen LogP contribution in [0.1, 0.15) is 54.6 Å². The number of H-pyrrole nitrogens is 1. The van der Waals surface area contributed by atoms with E-state index in [0.717, 1.165) is 41.6 Å². The van der Waals surface area contributed by atoms with Crippen molar-refractivity contribution in [3.05, 3.63) is 58.9 Å². The minimum absolute atomic E-state index is 0.0152. The van der Waals surface area contributed by atoms with Gasteiger partial charge in [-0.1, -0.05) is 38.1 Å². The molecule has 2 bridgehead atoms. The van der Waals surface area contributed by atoms with Crippen molar-refractivity contribution in [3.63, 3.8) is 0 Å². The highest BCUT2D eigenvalue weighted by atomic mass is 32.2. The standard InChI is InChI=1S/C19H18FN3O.C10H16O4S/c1-21-10-11-2-4-12(5-3-11)18-14-6-7-22-19(24)15-8-13(20)9-16(23-18)17(14)15;1-9(2)7-3-4-10(9,8(11)5-7)6-15(12,13)14/h2-5,8-9,21,23H,6-7,10H2,1H3,(H,22,24);7H,3-6H2,1-2H3,(H,12,13,14)/t;7?,10-/m.1/s1. The first-order chi connectivity index (χ1) is 18.4. The topological polar surface area (TPSA) is 128 Å². The van der Waals surface area contributed by atoms with Crippen molar-refractivity contribution in [1.82, 2.24) is 15.6 Å². The number of amides is 1. The maximum Gasteiger partial charge on any atom is 0.265 e. The van der Waals surface area contributed by atoms with Gasteiger partial charge in [0, 0.05) is 36.1 Å². The zero-order valence-electron chi connectivity index (χ0n) is 22.4. The zero-order valence-corrected chi connectivity index (χ0v) is 23.2. The Kier molecular flexibility index (Phi) is 6.93. The summed E-state index contributed by atoms with van der Waals surface area (Å²) in [5.74, 6) is -0.720. The number of halogens is 1. The third kappa shape index (κ3) is 4.79. The van der Waals surface area contributed by atoms with Gasteiger partial charge in [-0.15, -0.1) is 0 Å². The maximum atomic E-state index is 13.9. The van der Waals surface area contributed by atoms with Crippen LogP contribution in [-0.4, -0.2) is 49.0 Å². The van der Waals surface area contributed by atoms with Crippen LogP contribution >= 0.6 is 0 Å². The Labute approximate surface area is 227 Å². The molecule has 2 atom stereocenters. The molecule has 1 aromatic heterocycles. The molecule has 8 nitrogen and oxygen atoms in total.